The van der Waals surface area contributed by atoms with E-state index in [0.29, 0.717) is 17.5 Å². The molecule has 2 rings (SSSR count). The molecule has 134 valence electrons. The third kappa shape index (κ3) is 5.23. The number of rotatable bonds is 6. The number of carbonyl (C=O) groups is 1. The van der Waals surface area contributed by atoms with Crippen LogP contribution >= 0.6 is 11.6 Å². The van der Waals surface area contributed by atoms with Crippen LogP contribution in [0.2, 0.25) is 5.02 Å². The highest BCUT2D eigenvalue weighted by molar-refractivity contribution is 6.30. The van der Waals surface area contributed by atoms with Gasteiger partial charge in [0.15, 0.2) is 6.10 Å². The molecular formula is C21H26ClNO2. The van der Waals surface area contributed by atoms with E-state index in [2.05, 4.69) is 26.0 Å². The second-order valence-corrected chi connectivity index (χ2v) is 7.21. The normalized spacial score (nSPS) is 12.1. The fraction of sp³-hybridized carbons (Fsp3) is 0.381. The summed E-state index contributed by atoms with van der Waals surface area (Å²) in [6.07, 6.45) is -0.545. The number of benzene rings is 2. The molecule has 4 heteroatoms. The Bertz CT molecular complexity index is 725. The molecule has 0 heterocycles. The first-order valence-electron chi connectivity index (χ1n) is 8.54. The predicted molar refractivity (Wildman–Crippen MR) is 103 cm³/mol. The van der Waals surface area contributed by atoms with Crippen LogP contribution in [0.4, 0.5) is 0 Å². The Labute approximate surface area is 155 Å². The van der Waals surface area contributed by atoms with E-state index in [1.165, 1.54) is 0 Å². The van der Waals surface area contributed by atoms with Gasteiger partial charge in [0.25, 0.3) is 5.91 Å². The molecule has 0 aliphatic heterocycles. The second-order valence-electron chi connectivity index (χ2n) is 6.78. The van der Waals surface area contributed by atoms with Gasteiger partial charge in [-0.15, -0.1) is 0 Å². The molecule has 3 nitrogen and oxygen atoms in total. The summed E-state index contributed by atoms with van der Waals surface area (Å²) in [7, 11) is 1.79. The number of nitrogens with zero attached hydrogens (tertiary/aromatic N) is 1. The molecule has 1 amide bonds. The molecular weight excluding hydrogens is 334 g/mol. The Morgan fingerprint density at radius 3 is 2.36 bits per heavy atom. The van der Waals surface area contributed by atoms with E-state index in [9.17, 15) is 4.79 Å². The zero-order valence-corrected chi connectivity index (χ0v) is 16.3. The minimum absolute atomic E-state index is 0.0498. The van der Waals surface area contributed by atoms with Crippen LogP contribution in [0.3, 0.4) is 0 Å². The van der Waals surface area contributed by atoms with Gasteiger partial charge in [0.2, 0.25) is 0 Å². The average molecular weight is 360 g/mol. The van der Waals surface area contributed by atoms with Crippen molar-refractivity contribution in [1.82, 2.24) is 4.90 Å². The number of aryl methyl sites for hydroxylation is 1. The zero-order valence-electron chi connectivity index (χ0n) is 15.5. The van der Waals surface area contributed by atoms with E-state index in [-0.39, 0.29) is 5.91 Å². The number of carbonyl (C=O) groups excluding carboxylic acids is 1. The Hall–Kier alpha value is -2.00. The van der Waals surface area contributed by atoms with Gasteiger partial charge >= 0.3 is 0 Å². The number of hydrogen-bond donors (Lipinski definition) is 0. The monoisotopic (exact) mass is 359 g/mol. The van der Waals surface area contributed by atoms with Crippen molar-refractivity contribution < 1.29 is 9.53 Å². The lowest BCUT2D eigenvalue weighted by Crippen LogP contribution is -2.37. The number of hydrogen-bond acceptors (Lipinski definition) is 2. The lowest BCUT2D eigenvalue weighted by Gasteiger charge is -2.24. The Kier molecular flexibility index (Phi) is 6.49. The van der Waals surface area contributed by atoms with Gasteiger partial charge in [-0.05, 0) is 54.7 Å². The maximum atomic E-state index is 12.7. The molecule has 0 fully saturated rings. The van der Waals surface area contributed by atoms with Crippen molar-refractivity contribution in [3.8, 4) is 5.75 Å². The van der Waals surface area contributed by atoms with E-state index in [0.717, 1.165) is 22.4 Å². The van der Waals surface area contributed by atoms with Crippen LogP contribution < -0.4 is 4.74 Å². The van der Waals surface area contributed by atoms with Crippen molar-refractivity contribution in [2.24, 2.45) is 0 Å². The van der Waals surface area contributed by atoms with Gasteiger partial charge in [-0.1, -0.05) is 49.7 Å². The Morgan fingerprint density at radius 1 is 1.12 bits per heavy atom. The fourth-order valence-corrected chi connectivity index (χ4v) is 2.84. The summed E-state index contributed by atoms with van der Waals surface area (Å²) < 4.78 is 6.02. The highest BCUT2D eigenvalue weighted by Crippen LogP contribution is 2.28. The molecule has 0 saturated heterocycles. The van der Waals surface area contributed by atoms with Gasteiger partial charge in [-0.2, -0.15) is 0 Å². The van der Waals surface area contributed by atoms with Gasteiger partial charge in [-0.3, -0.25) is 4.79 Å². The molecule has 0 bridgehead atoms. The topological polar surface area (TPSA) is 29.5 Å². The van der Waals surface area contributed by atoms with Crippen molar-refractivity contribution in [2.75, 3.05) is 7.05 Å². The Balaban J connectivity index is 2.07. The van der Waals surface area contributed by atoms with Gasteiger partial charge in [0.05, 0.1) is 0 Å². The quantitative estimate of drug-likeness (QED) is 0.709. The predicted octanol–water partition coefficient (Wildman–Crippen LogP) is 5.20. The van der Waals surface area contributed by atoms with Gasteiger partial charge < -0.3 is 9.64 Å². The van der Waals surface area contributed by atoms with Crippen LogP contribution in [-0.4, -0.2) is 24.0 Å². The zero-order chi connectivity index (χ0) is 18.6. The number of halogens is 1. The molecule has 0 aliphatic carbocycles. The van der Waals surface area contributed by atoms with Gasteiger partial charge in [0.1, 0.15) is 5.75 Å². The van der Waals surface area contributed by atoms with Crippen LogP contribution in [0.5, 0.6) is 5.75 Å². The summed E-state index contributed by atoms with van der Waals surface area (Å²) in [6.45, 7) is 8.59. The van der Waals surface area contributed by atoms with Crippen molar-refractivity contribution in [3.63, 3.8) is 0 Å². The van der Waals surface area contributed by atoms with E-state index >= 15 is 0 Å². The van der Waals surface area contributed by atoms with Crippen molar-refractivity contribution in [1.29, 1.82) is 0 Å². The highest BCUT2D eigenvalue weighted by atomic mass is 35.5. The van der Waals surface area contributed by atoms with Crippen LogP contribution in [0, 0.1) is 6.92 Å². The standard InChI is InChI=1S/C21H26ClNO2/c1-14(2)19-11-6-15(3)12-20(19)25-16(4)21(24)23(5)13-17-7-9-18(22)10-8-17/h6-12,14,16H,13H2,1-5H3. The largest absolute Gasteiger partial charge is 0.481 e. The van der Waals surface area contributed by atoms with Gasteiger partial charge in [0, 0.05) is 18.6 Å². The van der Waals surface area contributed by atoms with Crippen LogP contribution in [-0.2, 0) is 11.3 Å². The SMILES string of the molecule is Cc1ccc(C(C)C)c(OC(C)C(=O)N(C)Cc2ccc(Cl)cc2)c1. The molecule has 0 saturated carbocycles. The molecule has 0 aromatic heterocycles. The minimum atomic E-state index is -0.545. The first-order chi connectivity index (χ1) is 11.8. The first kappa shape index (κ1) is 19.3. The van der Waals surface area contributed by atoms with Crippen molar-refractivity contribution in [2.45, 2.75) is 46.3 Å². The van der Waals surface area contributed by atoms with Gasteiger partial charge in [-0.25, -0.2) is 0 Å². The van der Waals surface area contributed by atoms with Crippen LogP contribution in [0.1, 0.15) is 43.4 Å². The maximum absolute atomic E-state index is 12.7. The summed E-state index contributed by atoms with van der Waals surface area (Å²) in [5, 5.41) is 0.690. The van der Waals surface area contributed by atoms with Crippen LogP contribution in [0.15, 0.2) is 42.5 Å². The summed E-state index contributed by atoms with van der Waals surface area (Å²) in [5.41, 5.74) is 3.27. The summed E-state index contributed by atoms with van der Waals surface area (Å²) in [6, 6.07) is 13.7. The molecule has 2 aromatic rings. The lowest BCUT2D eigenvalue weighted by molar-refractivity contribution is -0.137. The van der Waals surface area contributed by atoms with E-state index < -0.39 is 6.10 Å². The number of amides is 1. The minimum Gasteiger partial charge on any atom is -0.481 e. The highest BCUT2D eigenvalue weighted by Gasteiger charge is 2.21. The van der Waals surface area contributed by atoms with Crippen molar-refractivity contribution in [3.05, 3.63) is 64.2 Å². The maximum Gasteiger partial charge on any atom is 0.263 e. The van der Waals surface area contributed by atoms with Crippen LogP contribution in [0.25, 0.3) is 0 Å². The first-order valence-corrected chi connectivity index (χ1v) is 8.92. The molecule has 1 atom stereocenters. The van der Waals surface area contributed by atoms with Crippen molar-refractivity contribution >= 4 is 17.5 Å². The second kappa shape index (κ2) is 8.39. The molecule has 0 radical (unpaired) electrons. The molecule has 2 aromatic carbocycles. The molecule has 1 unspecified atom stereocenters. The molecule has 25 heavy (non-hydrogen) atoms. The molecule has 0 aliphatic rings. The third-order valence-corrected chi connectivity index (χ3v) is 4.40. The van der Waals surface area contributed by atoms with E-state index in [4.69, 9.17) is 16.3 Å². The Morgan fingerprint density at radius 2 is 1.76 bits per heavy atom. The summed E-state index contributed by atoms with van der Waals surface area (Å²) >= 11 is 5.90. The lowest BCUT2D eigenvalue weighted by atomic mass is 10.0. The summed E-state index contributed by atoms with van der Waals surface area (Å²) in [4.78, 5) is 14.3. The molecule has 0 spiro atoms. The molecule has 0 N–H and O–H groups in total. The number of likely N-dealkylation sites (N-methyl/N-ethyl adjacent to an activating group) is 1. The smallest absolute Gasteiger partial charge is 0.263 e. The summed E-state index contributed by atoms with van der Waals surface area (Å²) in [5.74, 6) is 1.08. The third-order valence-electron chi connectivity index (χ3n) is 4.15. The van der Waals surface area contributed by atoms with E-state index in [1.807, 2.05) is 37.3 Å². The average Bonchev–Trinajstić information content (AvgIpc) is 2.55. The van der Waals surface area contributed by atoms with E-state index in [1.54, 1.807) is 18.9 Å². The number of ether oxygens (including phenoxy) is 1. The fourth-order valence-electron chi connectivity index (χ4n) is 2.71.